The van der Waals surface area contributed by atoms with Crippen LogP contribution in [0.1, 0.15) is 32.9 Å². The average molecular weight is 287 g/mol. The fourth-order valence-corrected chi connectivity index (χ4v) is 2.02. The van der Waals surface area contributed by atoms with Crippen LogP contribution in [0.3, 0.4) is 0 Å². The number of carboxylic acid groups (broad SMARTS) is 1. The van der Waals surface area contributed by atoms with Crippen LogP contribution in [-0.4, -0.2) is 27.2 Å². The van der Waals surface area contributed by atoms with Gasteiger partial charge in [-0.3, -0.25) is 9.89 Å². The Morgan fingerprint density at radius 3 is 2.43 bits per heavy atom. The minimum Gasteiger partial charge on any atom is -0.478 e. The van der Waals surface area contributed by atoms with E-state index in [1.165, 1.54) is 12.1 Å². The molecule has 1 aromatic carbocycles. The Labute approximate surface area is 122 Å². The third-order valence-corrected chi connectivity index (χ3v) is 3.31. The molecule has 3 N–H and O–H groups in total. The molecular weight excluding hydrogens is 270 g/mol. The lowest BCUT2D eigenvalue weighted by Gasteiger charge is -2.06. The van der Waals surface area contributed by atoms with Crippen molar-refractivity contribution in [1.29, 1.82) is 0 Å². The van der Waals surface area contributed by atoms with Gasteiger partial charge in [0, 0.05) is 17.8 Å². The number of aromatic amines is 1. The summed E-state index contributed by atoms with van der Waals surface area (Å²) in [5.74, 6) is -1.05. The lowest BCUT2D eigenvalue weighted by atomic mass is 10.1. The highest BCUT2D eigenvalue weighted by atomic mass is 16.4. The topological polar surface area (TPSA) is 95.1 Å². The number of carboxylic acids is 1. The highest BCUT2D eigenvalue weighted by Crippen LogP contribution is 2.10. The van der Waals surface area contributed by atoms with E-state index < -0.39 is 5.97 Å². The first-order valence-electron chi connectivity index (χ1n) is 6.56. The molecule has 1 heterocycles. The zero-order chi connectivity index (χ0) is 15.4. The van der Waals surface area contributed by atoms with E-state index in [1.54, 1.807) is 12.1 Å². The van der Waals surface area contributed by atoms with E-state index in [-0.39, 0.29) is 17.9 Å². The summed E-state index contributed by atoms with van der Waals surface area (Å²) >= 11 is 0. The number of carbonyl (C=O) groups is 2. The molecule has 6 heteroatoms. The van der Waals surface area contributed by atoms with E-state index in [9.17, 15) is 9.59 Å². The van der Waals surface area contributed by atoms with Crippen LogP contribution in [0.15, 0.2) is 24.3 Å². The van der Waals surface area contributed by atoms with Gasteiger partial charge in [0.25, 0.3) is 0 Å². The number of hydrogen-bond donors (Lipinski definition) is 3. The number of rotatable bonds is 5. The predicted octanol–water partition coefficient (Wildman–Crippen LogP) is 1.58. The van der Waals surface area contributed by atoms with Gasteiger partial charge in [-0.15, -0.1) is 0 Å². The second kappa shape index (κ2) is 6.21. The van der Waals surface area contributed by atoms with Crippen LogP contribution in [0.5, 0.6) is 0 Å². The minimum atomic E-state index is -0.962. The molecule has 21 heavy (non-hydrogen) atoms. The van der Waals surface area contributed by atoms with Gasteiger partial charge in [0.05, 0.1) is 17.7 Å². The second-order valence-corrected chi connectivity index (χ2v) is 4.87. The number of aromatic carboxylic acids is 1. The number of aromatic nitrogens is 2. The normalized spacial score (nSPS) is 10.4. The zero-order valence-electron chi connectivity index (χ0n) is 11.9. The second-order valence-electron chi connectivity index (χ2n) is 4.87. The minimum absolute atomic E-state index is 0.0927. The highest BCUT2D eigenvalue weighted by Gasteiger charge is 2.11. The summed E-state index contributed by atoms with van der Waals surface area (Å²) in [7, 11) is 0. The Morgan fingerprint density at radius 2 is 1.90 bits per heavy atom. The SMILES string of the molecule is Cc1n[nH]c(C)c1CC(=O)NCc1ccc(C(=O)O)cc1. The summed E-state index contributed by atoms with van der Waals surface area (Å²) in [5, 5.41) is 18.5. The van der Waals surface area contributed by atoms with Crippen molar-refractivity contribution in [3.05, 3.63) is 52.3 Å². The van der Waals surface area contributed by atoms with Gasteiger partial charge in [0.15, 0.2) is 0 Å². The first kappa shape index (κ1) is 14.8. The lowest BCUT2D eigenvalue weighted by Crippen LogP contribution is -2.25. The average Bonchev–Trinajstić information content (AvgIpc) is 2.77. The summed E-state index contributed by atoms with van der Waals surface area (Å²) in [6, 6.07) is 6.43. The summed E-state index contributed by atoms with van der Waals surface area (Å²) in [4.78, 5) is 22.7. The van der Waals surface area contributed by atoms with Crippen LogP contribution in [0, 0.1) is 13.8 Å². The molecule has 0 aliphatic heterocycles. The number of nitrogens with one attached hydrogen (secondary N) is 2. The number of carbonyl (C=O) groups excluding carboxylic acids is 1. The van der Waals surface area contributed by atoms with E-state index in [2.05, 4.69) is 15.5 Å². The molecule has 0 saturated heterocycles. The molecule has 0 radical (unpaired) electrons. The quantitative estimate of drug-likeness (QED) is 0.778. The molecular formula is C15H17N3O3. The van der Waals surface area contributed by atoms with Crippen molar-refractivity contribution in [2.45, 2.75) is 26.8 Å². The smallest absolute Gasteiger partial charge is 0.335 e. The summed E-state index contributed by atoms with van der Waals surface area (Å²) < 4.78 is 0. The Hall–Kier alpha value is -2.63. The number of nitrogens with zero attached hydrogens (tertiary/aromatic N) is 1. The maximum absolute atomic E-state index is 11.9. The van der Waals surface area contributed by atoms with Gasteiger partial charge in [0.1, 0.15) is 0 Å². The molecule has 0 aliphatic rings. The summed E-state index contributed by atoms with van der Waals surface area (Å²) in [6.45, 7) is 4.11. The Bertz CT molecular complexity index is 640. The van der Waals surface area contributed by atoms with Gasteiger partial charge in [-0.1, -0.05) is 12.1 Å². The van der Waals surface area contributed by atoms with E-state index in [4.69, 9.17) is 5.11 Å². The molecule has 0 aliphatic carbocycles. The number of benzene rings is 1. The molecule has 0 saturated carbocycles. The van der Waals surface area contributed by atoms with Crippen LogP contribution in [-0.2, 0) is 17.8 Å². The van der Waals surface area contributed by atoms with Crippen molar-refractivity contribution in [3.63, 3.8) is 0 Å². The standard InChI is InChI=1S/C15H17N3O3/c1-9-13(10(2)18-17-9)7-14(19)16-8-11-3-5-12(6-4-11)15(20)21/h3-6H,7-8H2,1-2H3,(H,16,19)(H,17,18)(H,20,21). The van der Waals surface area contributed by atoms with Crippen LogP contribution in [0.4, 0.5) is 0 Å². The molecule has 2 rings (SSSR count). The number of amides is 1. The first-order valence-corrected chi connectivity index (χ1v) is 6.56. The van der Waals surface area contributed by atoms with Crippen molar-refractivity contribution >= 4 is 11.9 Å². The predicted molar refractivity (Wildman–Crippen MR) is 77.0 cm³/mol. The summed E-state index contributed by atoms with van der Waals surface area (Å²) in [6.07, 6.45) is 0.279. The van der Waals surface area contributed by atoms with Crippen LogP contribution in [0.2, 0.25) is 0 Å². The lowest BCUT2D eigenvalue weighted by molar-refractivity contribution is -0.120. The molecule has 110 valence electrons. The fourth-order valence-electron chi connectivity index (χ4n) is 2.02. The molecule has 0 spiro atoms. The van der Waals surface area contributed by atoms with Gasteiger partial charge in [-0.25, -0.2) is 4.79 Å². The van der Waals surface area contributed by atoms with Crippen molar-refractivity contribution in [3.8, 4) is 0 Å². The number of aryl methyl sites for hydroxylation is 2. The van der Waals surface area contributed by atoms with E-state index in [0.717, 1.165) is 22.5 Å². The van der Waals surface area contributed by atoms with Crippen molar-refractivity contribution in [1.82, 2.24) is 15.5 Å². The third-order valence-electron chi connectivity index (χ3n) is 3.31. The van der Waals surface area contributed by atoms with Gasteiger partial charge in [-0.05, 0) is 31.5 Å². The number of H-pyrrole nitrogens is 1. The molecule has 2 aromatic rings. The molecule has 0 unspecified atom stereocenters. The van der Waals surface area contributed by atoms with E-state index in [0.29, 0.717) is 6.54 Å². The third kappa shape index (κ3) is 3.68. The van der Waals surface area contributed by atoms with Crippen LogP contribution < -0.4 is 5.32 Å². The van der Waals surface area contributed by atoms with Crippen molar-refractivity contribution in [2.24, 2.45) is 0 Å². The van der Waals surface area contributed by atoms with Gasteiger partial charge in [0.2, 0.25) is 5.91 Å². The van der Waals surface area contributed by atoms with Gasteiger partial charge < -0.3 is 10.4 Å². The Balaban J connectivity index is 1.91. The molecule has 0 fully saturated rings. The molecule has 0 bridgehead atoms. The zero-order valence-corrected chi connectivity index (χ0v) is 11.9. The van der Waals surface area contributed by atoms with Crippen LogP contribution >= 0.6 is 0 Å². The van der Waals surface area contributed by atoms with E-state index in [1.807, 2.05) is 13.8 Å². The van der Waals surface area contributed by atoms with Crippen molar-refractivity contribution < 1.29 is 14.7 Å². The fraction of sp³-hybridized carbons (Fsp3) is 0.267. The molecule has 1 aromatic heterocycles. The maximum atomic E-state index is 11.9. The Kier molecular flexibility index (Phi) is 4.37. The molecule has 6 nitrogen and oxygen atoms in total. The highest BCUT2D eigenvalue weighted by molar-refractivity contribution is 5.87. The largest absolute Gasteiger partial charge is 0.478 e. The number of hydrogen-bond acceptors (Lipinski definition) is 3. The molecule has 1 amide bonds. The summed E-state index contributed by atoms with van der Waals surface area (Å²) in [5.41, 5.74) is 3.72. The van der Waals surface area contributed by atoms with E-state index >= 15 is 0 Å². The van der Waals surface area contributed by atoms with Gasteiger partial charge >= 0.3 is 5.97 Å². The van der Waals surface area contributed by atoms with Gasteiger partial charge in [-0.2, -0.15) is 5.10 Å². The first-order chi connectivity index (χ1) is 9.97. The monoisotopic (exact) mass is 287 g/mol. The van der Waals surface area contributed by atoms with Crippen molar-refractivity contribution in [2.75, 3.05) is 0 Å². The molecule has 0 atom stereocenters. The Morgan fingerprint density at radius 1 is 1.24 bits per heavy atom. The maximum Gasteiger partial charge on any atom is 0.335 e. The van der Waals surface area contributed by atoms with Crippen LogP contribution in [0.25, 0.3) is 0 Å².